The molecule has 1 fully saturated rings. The van der Waals surface area contributed by atoms with Crippen molar-refractivity contribution in [3.63, 3.8) is 0 Å². The topological polar surface area (TPSA) is 59.6 Å². The number of nitrogens with one attached hydrogen (secondary N) is 3. The lowest BCUT2D eigenvalue weighted by Gasteiger charge is -2.20. The summed E-state index contributed by atoms with van der Waals surface area (Å²) in [5.41, 5.74) is 0. The summed E-state index contributed by atoms with van der Waals surface area (Å²) < 4.78 is 0. The van der Waals surface area contributed by atoms with Gasteiger partial charge in [-0.05, 0) is 0 Å². The van der Waals surface area contributed by atoms with E-state index in [0.717, 1.165) is 52.4 Å². The lowest BCUT2D eigenvalue weighted by atomic mass is 10.4. The summed E-state index contributed by atoms with van der Waals surface area (Å²) in [6, 6.07) is 0. The van der Waals surface area contributed by atoms with Crippen LogP contribution < -0.4 is 16.0 Å². The van der Waals surface area contributed by atoms with Crippen LogP contribution in [0, 0.1) is 0 Å². The van der Waals surface area contributed by atoms with Crippen LogP contribution in [-0.2, 0) is 0 Å². The first-order valence-corrected chi connectivity index (χ1v) is 5.39. The van der Waals surface area contributed by atoms with E-state index in [-0.39, 0.29) is 6.73 Å². The molecular weight excluding hydrogens is 180 g/mol. The molecule has 0 spiro atoms. The van der Waals surface area contributed by atoms with Gasteiger partial charge in [0, 0.05) is 52.4 Å². The van der Waals surface area contributed by atoms with E-state index in [1.165, 1.54) is 0 Å². The molecule has 1 rings (SSSR count). The first-order valence-electron chi connectivity index (χ1n) is 5.39. The predicted octanol–water partition coefficient (Wildman–Crippen LogP) is -1.98. The van der Waals surface area contributed by atoms with Crippen molar-refractivity contribution in [1.29, 1.82) is 0 Å². The van der Waals surface area contributed by atoms with E-state index in [0.29, 0.717) is 0 Å². The molecule has 1 aliphatic rings. The van der Waals surface area contributed by atoms with Gasteiger partial charge in [0.25, 0.3) is 0 Å². The molecule has 0 bridgehead atoms. The van der Waals surface area contributed by atoms with Gasteiger partial charge in [-0.25, -0.2) is 0 Å². The van der Waals surface area contributed by atoms with Crippen molar-refractivity contribution in [3.8, 4) is 0 Å². The largest absolute Gasteiger partial charge is 0.381 e. The van der Waals surface area contributed by atoms with Crippen LogP contribution in [0.15, 0.2) is 0 Å². The number of hydrogen-bond acceptors (Lipinski definition) is 5. The Morgan fingerprint density at radius 3 is 1.64 bits per heavy atom. The fraction of sp³-hybridized carbons (Fsp3) is 1.00. The monoisotopic (exact) mass is 202 g/mol. The molecule has 5 nitrogen and oxygen atoms in total. The Balaban J connectivity index is 2.17. The highest BCUT2D eigenvalue weighted by Crippen LogP contribution is 1.83. The zero-order valence-corrected chi connectivity index (χ0v) is 8.76. The van der Waals surface area contributed by atoms with E-state index in [2.05, 4.69) is 16.0 Å². The second kappa shape index (κ2) is 8.14. The van der Waals surface area contributed by atoms with Crippen LogP contribution in [0.2, 0.25) is 0 Å². The highest BCUT2D eigenvalue weighted by atomic mass is 16.3. The fourth-order valence-corrected chi connectivity index (χ4v) is 1.46. The van der Waals surface area contributed by atoms with Gasteiger partial charge in [0.15, 0.2) is 0 Å². The van der Waals surface area contributed by atoms with E-state index in [1.54, 1.807) is 0 Å². The van der Waals surface area contributed by atoms with Crippen molar-refractivity contribution < 1.29 is 5.11 Å². The minimum atomic E-state index is 0.154. The summed E-state index contributed by atoms with van der Waals surface area (Å²) in [5.74, 6) is 0. The summed E-state index contributed by atoms with van der Waals surface area (Å²) in [7, 11) is 0. The molecular formula is C9H22N4O. The first kappa shape index (κ1) is 11.9. The summed E-state index contributed by atoms with van der Waals surface area (Å²) >= 11 is 0. The molecule has 0 aromatic rings. The van der Waals surface area contributed by atoms with Crippen molar-refractivity contribution in [2.24, 2.45) is 0 Å². The van der Waals surface area contributed by atoms with E-state index in [9.17, 15) is 0 Å². The van der Waals surface area contributed by atoms with Gasteiger partial charge in [-0.3, -0.25) is 4.90 Å². The Morgan fingerprint density at radius 2 is 1.21 bits per heavy atom. The standard InChI is InChI=1S/C9H22N4O/c14-9-13-7-5-11-3-1-10-2-4-12-6-8-13/h10-12,14H,1-9H2. The van der Waals surface area contributed by atoms with Gasteiger partial charge >= 0.3 is 0 Å². The quantitative estimate of drug-likeness (QED) is 0.397. The van der Waals surface area contributed by atoms with Crippen molar-refractivity contribution in [2.75, 3.05) is 59.1 Å². The Kier molecular flexibility index (Phi) is 6.90. The highest BCUT2D eigenvalue weighted by Gasteiger charge is 2.02. The minimum Gasteiger partial charge on any atom is -0.381 e. The van der Waals surface area contributed by atoms with Gasteiger partial charge in [-0.1, -0.05) is 0 Å². The lowest BCUT2D eigenvalue weighted by Crippen LogP contribution is -2.42. The SMILES string of the molecule is OCN1CCNCCNCCNCC1. The third-order valence-corrected chi connectivity index (χ3v) is 2.37. The zero-order valence-electron chi connectivity index (χ0n) is 8.76. The maximum Gasteiger partial charge on any atom is 0.0957 e. The molecule has 0 saturated carbocycles. The normalized spacial score (nSPS) is 23.8. The molecule has 0 unspecified atom stereocenters. The second-order valence-electron chi connectivity index (χ2n) is 3.51. The summed E-state index contributed by atoms with van der Waals surface area (Å²) in [6.45, 7) is 7.91. The Morgan fingerprint density at radius 1 is 0.786 bits per heavy atom. The third kappa shape index (κ3) is 5.51. The minimum absolute atomic E-state index is 0.154. The van der Waals surface area contributed by atoms with Gasteiger partial charge in [0.1, 0.15) is 0 Å². The van der Waals surface area contributed by atoms with Crippen molar-refractivity contribution in [1.82, 2.24) is 20.9 Å². The zero-order chi connectivity index (χ0) is 10.1. The Labute approximate surface area is 85.9 Å². The number of aliphatic hydroxyl groups excluding tert-OH is 1. The van der Waals surface area contributed by atoms with Crippen molar-refractivity contribution >= 4 is 0 Å². The van der Waals surface area contributed by atoms with Crippen LogP contribution in [0.1, 0.15) is 0 Å². The van der Waals surface area contributed by atoms with E-state index in [4.69, 9.17) is 5.11 Å². The number of hydrogen-bond donors (Lipinski definition) is 4. The maximum absolute atomic E-state index is 9.05. The van der Waals surface area contributed by atoms with Gasteiger partial charge in [-0.15, -0.1) is 0 Å². The van der Waals surface area contributed by atoms with Crippen molar-refractivity contribution in [3.05, 3.63) is 0 Å². The smallest absolute Gasteiger partial charge is 0.0957 e. The molecule has 1 heterocycles. The molecule has 0 aromatic heterocycles. The average molecular weight is 202 g/mol. The van der Waals surface area contributed by atoms with Gasteiger partial charge in [-0.2, -0.15) is 0 Å². The van der Waals surface area contributed by atoms with Gasteiger partial charge < -0.3 is 21.1 Å². The third-order valence-electron chi connectivity index (χ3n) is 2.37. The molecule has 4 N–H and O–H groups in total. The summed E-state index contributed by atoms with van der Waals surface area (Å²) in [4.78, 5) is 2.04. The molecule has 84 valence electrons. The molecule has 0 aromatic carbocycles. The molecule has 0 atom stereocenters. The van der Waals surface area contributed by atoms with E-state index >= 15 is 0 Å². The van der Waals surface area contributed by atoms with Crippen molar-refractivity contribution in [2.45, 2.75) is 0 Å². The fourth-order valence-electron chi connectivity index (χ4n) is 1.46. The Hall–Kier alpha value is -0.200. The maximum atomic E-state index is 9.05. The Bertz CT molecular complexity index is 122. The predicted molar refractivity (Wildman–Crippen MR) is 57.3 cm³/mol. The van der Waals surface area contributed by atoms with E-state index in [1.807, 2.05) is 4.90 Å². The second-order valence-corrected chi connectivity index (χ2v) is 3.51. The molecule has 0 aliphatic carbocycles. The van der Waals surface area contributed by atoms with Crippen LogP contribution in [0.5, 0.6) is 0 Å². The average Bonchev–Trinajstić information content (AvgIpc) is 2.19. The first-order chi connectivity index (χ1) is 6.93. The van der Waals surface area contributed by atoms with Crippen LogP contribution in [0.3, 0.4) is 0 Å². The number of nitrogens with zero attached hydrogens (tertiary/aromatic N) is 1. The molecule has 5 heteroatoms. The summed E-state index contributed by atoms with van der Waals surface area (Å²) in [5, 5.41) is 19.1. The van der Waals surface area contributed by atoms with Crippen LogP contribution in [0.25, 0.3) is 0 Å². The van der Waals surface area contributed by atoms with Gasteiger partial charge in [0.05, 0.1) is 6.73 Å². The molecule has 1 aliphatic heterocycles. The molecule has 14 heavy (non-hydrogen) atoms. The van der Waals surface area contributed by atoms with E-state index < -0.39 is 0 Å². The number of rotatable bonds is 1. The molecule has 1 saturated heterocycles. The van der Waals surface area contributed by atoms with Crippen LogP contribution >= 0.6 is 0 Å². The lowest BCUT2D eigenvalue weighted by molar-refractivity contribution is 0.108. The highest BCUT2D eigenvalue weighted by molar-refractivity contribution is 4.62. The van der Waals surface area contributed by atoms with Crippen LogP contribution in [-0.4, -0.2) is 69.1 Å². The van der Waals surface area contributed by atoms with Crippen LogP contribution in [0.4, 0.5) is 0 Å². The van der Waals surface area contributed by atoms with Gasteiger partial charge in [0.2, 0.25) is 0 Å². The molecule has 0 amide bonds. The number of aliphatic hydroxyl groups is 1. The molecule has 0 radical (unpaired) electrons. The summed E-state index contributed by atoms with van der Waals surface area (Å²) in [6.07, 6.45) is 0.